The number of fused-ring (bicyclic) bond motifs is 1. The van der Waals surface area contributed by atoms with Crippen LogP contribution in [-0.2, 0) is 23.7 Å². The zero-order valence-electron chi connectivity index (χ0n) is 21.9. The lowest BCUT2D eigenvalue weighted by Crippen LogP contribution is -2.39. The Labute approximate surface area is 237 Å². The fourth-order valence-electron chi connectivity index (χ4n) is 4.43. The van der Waals surface area contributed by atoms with Crippen molar-refractivity contribution in [2.75, 3.05) is 6.54 Å². The number of halogens is 8. The number of imidazole rings is 1. The maximum Gasteiger partial charge on any atom is 0.417 e. The Morgan fingerprint density at radius 2 is 1.84 bits per heavy atom. The molecule has 0 saturated carbocycles. The number of H-pyrrole nitrogens is 1. The summed E-state index contributed by atoms with van der Waals surface area (Å²) in [5.41, 5.74) is -3.78. The third-order valence-corrected chi connectivity index (χ3v) is 6.49. The van der Waals surface area contributed by atoms with Crippen LogP contribution >= 0.6 is 0 Å². The number of amides is 1. The normalized spacial score (nSPS) is 14.1. The first-order valence-corrected chi connectivity index (χ1v) is 12.6. The molecule has 1 amide bonds. The fourth-order valence-corrected chi connectivity index (χ4v) is 4.43. The molecule has 226 valence electrons. The van der Waals surface area contributed by atoms with E-state index >= 15 is 0 Å². The SMILES string of the molecule is CCCNC(=O)C(c1cc(-c2ccc(C(F)(F)F)cc2C(F)(F)F)no1)N1Cc2[nH]c(-c3cccc(F)c3F)nc2C=N1. The molecule has 1 aliphatic heterocycles. The second-order valence-electron chi connectivity index (χ2n) is 9.46. The van der Waals surface area contributed by atoms with Gasteiger partial charge in [0.05, 0.1) is 35.1 Å². The summed E-state index contributed by atoms with van der Waals surface area (Å²) in [5.74, 6) is -3.14. The summed E-state index contributed by atoms with van der Waals surface area (Å²) in [6.07, 6.45) is -8.41. The standard InChI is InChI=1S/C27H20F8N6O2/c1-2-8-36-25(42)23(41-12-20-19(11-37-41)38-24(39-20)15-4-3-5-17(28)22(15)29)21-10-18(40-43-21)14-7-6-13(26(30,31)32)9-16(14)27(33,34)35/h3-7,9-11,23H,2,8,12H2,1H3,(H,36,42)(H,38,39). The first kappa shape index (κ1) is 29.7. The first-order valence-electron chi connectivity index (χ1n) is 12.6. The van der Waals surface area contributed by atoms with Crippen LogP contribution in [0.2, 0.25) is 0 Å². The minimum absolute atomic E-state index is 0.00813. The van der Waals surface area contributed by atoms with E-state index in [0.29, 0.717) is 24.2 Å². The quantitative estimate of drug-likeness (QED) is 0.233. The van der Waals surface area contributed by atoms with Gasteiger partial charge in [-0.25, -0.2) is 13.8 Å². The third-order valence-electron chi connectivity index (χ3n) is 6.49. The van der Waals surface area contributed by atoms with Crippen LogP contribution in [0.1, 0.15) is 47.7 Å². The van der Waals surface area contributed by atoms with E-state index in [9.17, 15) is 39.9 Å². The number of nitrogens with one attached hydrogen (secondary N) is 2. The molecule has 16 heteroatoms. The van der Waals surface area contributed by atoms with Crippen molar-refractivity contribution in [1.82, 2.24) is 25.5 Å². The van der Waals surface area contributed by atoms with Crippen molar-refractivity contribution in [1.29, 1.82) is 0 Å². The Balaban J connectivity index is 1.50. The van der Waals surface area contributed by atoms with Gasteiger partial charge in [-0.15, -0.1) is 0 Å². The van der Waals surface area contributed by atoms with E-state index in [-0.39, 0.29) is 42.0 Å². The summed E-state index contributed by atoms with van der Waals surface area (Å²) in [6, 6.07) is 4.26. The van der Waals surface area contributed by atoms with Gasteiger partial charge >= 0.3 is 12.4 Å². The van der Waals surface area contributed by atoms with Crippen molar-refractivity contribution in [2.24, 2.45) is 5.10 Å². The molecule has 0 radical (unpaired) electrons. The molecule has 2 aromatic heterocycles. The van der Waals surface area contributed by atoms with Crippen LogP contribution < -0.4 is 5.32 Å². The van der Waals surface area contributed by atoms with Crippen LogP contribution in [0.15, 0.2) is 52.1 Å². The fraction of sp³-hybridized carbons (Fsp3) is 0.259. The van der Waals surface area contributed by atoms with Gasteiger partial charge in [0.25, 0.3) is 5.91 Å². The van der Waals surface area contributed by atoms with Crippen LogP contribution in [0, 0.1) is 11.6 Å². The van der Waals surface area contributed by atoms with E-state index in [1.165, 1.54) is 23.4 Å². The molecular formula is C27H20F8N6O2. The second kappa shape index (κ2) is 11.1. The number of hydrazone groups is 1. The monoisotopic (exact) mass is 612 g/mol. The molecule has 1 unspecified atom stereocenters. The zero-order chi connectivity index (χ0) is 31.1. The van der Waals surface area contributed by atoms with Crippen LogP contribution in [0.25, 0.3) is 22.6 Å². The molecule has 43 heavy (non-hydrogen) atoms. The van der Waals surface area contributed by atoms with Crippen LogP contribution in [0.4, 0.5) is 35.1 Å². The summed E-state index contributed by atoms with van der Waals surface area (Å²) in [6.45, 7) is 1.86. The topological polar surface area (TPSA) is 99.4 Å². The van der Waals surface area contributed by atoms with Gasteiger partial charge in [0.2, 0.25) is 0 Å². The Hall–Kier alpha value is -4.76. The smallest absolute Gasteiger partial charge is 0.358 e. The van der Waals surface area contributed by atoms with Gasteiger partial charge in [0.1, 0.15) is 17.2 Å². The number of carbonyl (C=O) groups is 1. The van der Waals surface area contributed by atoms with Crippen LogP contribution in [0.3, 0.4) is 0 Å². The molecule has 5 rings (SSSR count). The van der Waals surface area contributed by atoms with Gasteiger partial charge in [-0.1, -0.05) is 24.2 Å². The summed E-state index contributed by atoms with van der Waals surface area (Å²) in [7, 11) is 0. The number of hydrogen-bond acceptors (Lipinski definition) is 6. The highest BCUT2D eigenvalue weighted by Gasteiger charge is 2.40. The summed E-state index contributed by atoms with van der Waals surface area (Å²) >= 11 is 0. The molecule has 1 aliphatic rings. The maximum atomic E-state index is 14.3. The van der Waals surface area contributed by atoms with Crippen molar-refractivity contribution in [3.8, 4) is 22.6 Å². The lowest BCUT2D eigenvalue weighted by Gasteiger charge is -2.28. The van der Waals surface area contributed by atoms with Crippen molar-refractivity contribution in [2.45, 2.75) is 38.3 Å². The van der Waals surface area contributed by atoms with E-state index < -0.39 is 58.3 Å². The Morgan fingerprint density at radius 1 is 1.07 bits per heavy atom. The summed E-state index contributed by atoms with van der Waals surface area (Å²) in [4.78, 5) is 20.3. The molecule has 1 atom stereocenters. The number of alkyl halides is 6. The van der Waals surface area contributed by atoms with Gasteiger partial charge < -0.3 is 14.8 Å². The zero-order valence-corrected chi connectivity index (χ0v) is 21.9. The highest BCUT2D eigenvalue weighted by Crippen LogP contribution is 2.41. The maximum absolute atomic E-state index is 14.3. The minimum Gasteiger partial charge on any atom is -0.358 e. The minimum atomic E-state index is -5.17. The predicted octanol–water partition coefficient (Wildman–Crippen LogP) is 6.46. The average Bonchev–Trinajstić information content (AvgIpc) is 3.59. The molecule has 8 nitrogen and oxygen atoms in total. The molecule has 0 fully saturated rings. The number of hydrogen-bond donors (Lipinski definition) is 2. The molecule has 0 aliphatic carbocycles. The number of aromatic amines is 1. The summed E-state index contributed by atoms with van der Waals surface area (Å²) < 4.78 is 114. The van der Waals surface area contributed by atoms with Crippen molar-refractivity contribution < 1.29 is 44.4 Å². The van der Waals surface area contributed by atoms with E-state index in [2.05, 4.69) is 25.5 Å². The van der Waals surface area contributed by atoms with E-state index in [1.807, 2.05) is 0 Å². The predicted molar refractivity (Wildman–Crippen MR) is 135 cm³/mol. The van der Waals surface area contributed by atoms with Gasteiger partial charge in [-0.2, -0.15) is 31.4 Å². The molecular weight excluding hydrogens is 592 g/mol. The molecule has 2 N–H and O–H groups in total. The molecule has 4 aromatic rings. The summed E-state index contributed by atoms with van der Waals surface area (Å²) in [5, 5.41) is 11.7. The molecule has 2 aromatic carbocycles. The average molecular weight is 612 g/mol. The van der Waals surface area contributed by atoms with Crippen molar-refractivity contribution >= 4 is 12.1 Å². The lowest BCUT2D eigenvalue weighted by atomic mass is 10.00. The Bertz CT molecular complexity index is 1690. The molecule has 0 saturated heterocycles. The number of aromatic nitrogens is 3. The number of nitrogens with zero attached hydrogens (tertiary/aromatic N) is 4. The molecule has 0 spiro atoms. The Morgan fingerprint density at radius 3 is 2.53 bits per heavy atom. The molecule has 3 heterocycles. The number of benzene rings is 2. The second-order valence-corrected chi connectivity index (χ2v) is 9.46. The number of carbonyl (C=O) groups excluding carboxylic acids is 1. The van der Waals surface area contributed by atoms with E-state index in [0.717, 1.165) is 12.1 Å². The van der Waals surface area contributed by atoms with E-state index in [4.69, 9.17) is 4.52 Å². The van der Waals surface area contributed by atoms with Crippen molar-refractivity contribution in [3.05, 3.63) is 82.4 Å². The molecule has 0 bridgehead atoms. The van der Waals surface area contributed by atoms with Crippen molar-refractivity contribution in [3.63, 3.8) is 0 Å². The first-order chi connectivity index (χ1) is 20.3. The largest absolute Gasteiger partial charge is 0.417 e. The van der Waals surface area contributed by atoms with Crippen LogP contribution in [-0.4, -0.2) is 38.8 Å². The number of rotatable bonds is 7. The Kier molecular flexibility index (Phi) is 7.70. The lowest BCUT2D eigenvalue weighted by molar-refractivity contribution is -0.142. The van der Waals surface area contributed by atoms with Gasteiger partial charge in [-0.3, -0.25) is 9.80 Å². The third kappa shape index (κ3) is 5.94. The van der Waals surface area contributed by atoms with Gasteiger partial charge in [-0.05, 0) is 30.7 Å². The van der Waals surface area contributed by atoms with Crippen LogP contribution in [0.5, 0.6) is 0 Å². The highest BCUT2D eigenvalue weighted by atomic mass is 19.4. The van der Waals surface area contributed by atoms with E-state index in [1.54, 1.807) is 6.92 Å². The highest BCUT2D eigenvalue weighted by molar-refractivity contribution is 5.85. The van der Waals surface area contributed by atoms with Gasteiger partial charge in [0.15, 0.2) is 23.4 Å². The van der Waals surface area contributed by atoms with Gasteiger partial charge in [0, 0.05) is 18.2 Å².